The van der Waals surface area contributed by atoms with E-state index in [9.17, 15) is 27.6 Å². The molecule has 12 nitrogen and oxygen atoms in total. The second-order valence-corrected chi connectivity index (χ2v) is 12.9. The summed E-state index contributed by atoms with van der Waals surface area (Å²) in [5, 5.41) is 6.69. The number of alkyl halides is 3. The number of ether oxygens (including phenoxy) is 1. The molecule has 0 saturated carbocycles. The van der Waals surface area contributed by atoms with Gasteiger partial charge in [-0.1, -0.05) is 18.5 Å². The van der Waals surface area contributed by atoms with Crippen molar-refractivity contribution in [3.8, 4) is 0 Å². The molecular weight excluding hydrogens is 629 g/mol. The normalized spacial score (nSPS) is 16.0. The Morgan fingerprint density at radius 3 is 2.26 bits per heavy atom. The summed E-state index contributed by atoms with van der Waals surface area (Å²) >= 11 is 5.93. The summed E-state index contributed by atoms with van der Waals surface area (Å²) in [5.74, 6) is 0.00544. The standard InChI is InChI=1S/C30H38ClF3N8O4/c1-6-22-24(38-11-13-40(14-12-38)28(45)46-29(3,4)5)25(44)42-27(36-26(37-42)39-9-7-8-10-39)41(22)17-23(43)35-21-16-20(31)19(15-18(21)2)30(32,33)34/h15-16H,6-14,17H2,1-5H3,(H,35,43). The van der Waals surface area contributed by atoms with E-state index in [1.54, 1.807) is 30.2 Å². The molecule has 2 aliphatic heterocycles. The SMILES string of the molecule is CCc1c(N2CCN(C(=O)OC(C)(C)C)CC2)c(=O)n2nc(N3CCCC3)nc2n1CC(=O)Nc1cc(Cl)c(C(F)(F)F)cc1C. The molecular formula is C30H38ClF3N8O4. The Hall–Kier alpha value is -4.01. The molecule has 2 aliphatic rings. The summed E-state index contributed by atoms with van der Waals surface area (Å²) in [6.45, 7) is 11.2. The van der Waals surface area contributed by atoms with E-state index >= 15 is 0 Å². The van der Waals surface area contributed by atoms with Gasteiger partial charge in [-0.25, -0.2) is 4.79 Å². The molecule has 16 heteroatoms. The van der Waals surface area contributed by atoms with Gasteiger partial charge in [0.15, 0.2) is 0 Å². The molecule has 4 heterocycles. The third-order valence-electron chi connectivity index (χ3n) is 7.98. The lowest BCUT2D eigenvalue weighted by Crippen LogP contribution is -2.51. The predicted molar refractivity (Wildman–Crippen MR) is 168 cm³/mol. The van der Waals surface area contributed by atoms with Crippen LogP contribution in [0.15, 0.2) is 16.9 Å². The molecule has 3 aromatic rings. The molecule has 0 atom stereocenters. The van der Waals surface area contributed by atoms with E-state index in [0.29, 0.717) is 49.9 Å². The summed E-state index contributed by atoms with van der Waals surface area (Å²) in [7, 11) is 0. The zero-order valence-electron chi connectivity index (χ0n) is 26.5. The van der Waals surface area contributed by atoms with E-state index in [4.69, 9.17) is 16.3 Å². The van der Waals surface area contributed by atoms with E-state index in [-0.39, 0.29) is 23.6 Å². The van der Waals surface area contributed by atoms with E-state index in [2.05, 4.69) is 15.4 Å². The van der Waals surface area contributed by atoms with Crippen LogP contribution in [0.4, 0.5) is 35.3 Å². The van der Waals surface area contributed by atoms with Crippen LogP contribution >= 0.6 is 11.6 Å². The number of piperazine rings is 1. The zero-order chi connectivity index (χ0) is 33.6. The maximum absolute atomic E-state index is 14.0. The van der Waals surface area contributed by atoms with Crippen LogP contribution in [0.25, 0.3) is 5.78 Å². The number of carbonyl (C=O) groups excluding carboxylic acids is 2. The highest BCUT2D eigenvalue weighted by atomic mass is 35.5. The number of halogens is 4. The molecule has 0 unspecified atom stereocenters. The Morgan fingerprint density at radius 1 is 1.02 bits per heavy atom. The first-order chi connectivity index (χ1) is 21.6. The molecule has 46 heavy (non-hydrogen) atoms. The number of rotatable bonds is 6. The van der Waals surface area contributed by atoms with E-state index in [0.717, 1.165) is 38.1 Å². The number of fused-ring (bicyclic) bond motifs is 1. The Kier molecular flexibility index (Phi) is 9.17. The van der Waals surface area contributed by atoms with E-state index in [1.807, 2.05) is 16.7 Å². The number of hydrogen-bond donors (Lipinski definition) is 1. The third kappa shape index (κ3) is 6.88. The van der Waals surface area contributed by atoms with Crippen LogP contribution in [0, 0.1) is 6.92 Å². The lowest BCUT2D eigenvalue weighted by molar-refractivity contribution is -0.137. The van der Waals surface area contributed by atoms with Crippen LogP contribution in [0.3, 0.4) is 0 Å². The first-order valence-corrected chi connectivity index (χ1v) is 15.6. The van der Waals surface area contributed by atoms with Gasteiger partial charge in [0.2, 0.25) is 17.6 Å². The van der Waals surface area contributed by atoms with Crippen molar-refractivity contribution in [2.45, 2.75) is 72.2 Å². The highest BCUT2D eigenvalue weighted by molar-refractivity contribution is 6.31. The molecule has 1 aromatic carbocycles. The fourth-order valence-electron chi connectivity index (χ4n) is 5.78. The molecule has 0 radical (unpaired) electrons. The Morgan fingerprint density at radius 2 is 1.67 bits per heavy atom. The van der Waals surface area contributed by atoms with Crippen molar-refractivity contribution in [2.75, 3.05) is 54.4 Å². The van der Waals surface area contributed by atoms with Crippen molar-refractivity contribution in [2.24, 2.45) is 0 Å². The van der Waals surface area contributed by atoms with Gasteiger partial charge in [-0.3, -0.25) is 9.59 Å². The van der Waals surface area contributed by atoms with Crippen LogP contribution in [0.5, 0.6) is 0 Å². The number of amides is 2. The molecule has 0 aliphatic carbocycles. The number of aryl methyl sites for hydroxylation is 1. The Balaban J connectivity index is 1.50. The molecule has 250 valence electrons. The fourth-order valence-corrected chi connectivity index (χ4v) is 6.05. The van der Waals surface area contributed by atoms with Crippen LogP contribution in [0.2, 0.25) is 5.02 Å². The summed E-state index contributed by atoms with van der Waals surface area (Å²) in [5.41, 5.74) is -0.817. The quantitative estimate of drug-likeness (QED) is 0.402. The first kappa shape index (κ1) is 33.4. The molecule has 0 bridgehead atoms. The molecule has 1 N–H and O–H groups in total. The van der Waals surface area contributed by atoms with Crippen molar-refractivity contribution < 1.29 is 27.5 Å². The minimum Gasteiger partial charge on any atom is -0.444 e. The minimum absolute atomic E-state index is 0.135. The van der Waals surface area contributed by atoms with Crippen molar-refractivity contribution in [1.82, 2.24) is 24.1 Å². The third-order valence-corrected chi connectivity index (χ3v) is 8.29. The average molecular weight is 667 g/mol. The molecule has 2 aromatic heterocycles. The Bertz CT molecular complexity index is 1700. The van der Waals surface area contributed by atoms with Crippen LogP contribution in [0.1, 0.15) is 57.4 Å². The van der Waals surface area contributed by atoms with Crippen molar-refractivity contribution in [1.29, 1.82) is 0 Å². The largest absolute Gasteiger partial charge is 0.444 e. The fraction of sp³-hybridized carbons (Fsp3) is 0.567. The van der Waals surface area contributed by atoms with Crippen LogP contribution < -0.4 is 20.7 Å². The number of nitrogens with zero attached hydrogens (tertiary/aromatic N) is 7. The van der Waals surface area contributed by atoms with E-state index < -0.39 is 39.9 Å². The number of nitrogens with one attached hydrogen (secondary N) is 1. The van der Waals surface area contributed by atoms with Gasteiger partial charge in [0.25, 0.3) is 5.56 Å². The predicted octanol–water partition coefficient (Wildman–Crippen LogP) is 4.73. The maximum atomic E-state index is 14.0. The average Bonchev–Trinajstić information content (AvgIpc) is 3.66. The summed E-state index contributed by atoms with van der Waals surface area (Å²) in [6, 6.07) is 1.97. The number of aromatic nitrogens is 4. The zero-order valence-corrected chi connectivity index (χ0v) is 27.3. The van der Waals surface area contributed by atoms with Crippen molar-refractivity contribution in [3.63, 3.8) is 0 Å². The second kappa shape index (κ2) is 12.6. The monoisotopic (exact) mass is 666 g/mol. The second-order valence-electron chi connectivity index (χ2n) is 12.5. The highest BCUT2D eigenvalue weighted by Gasteiger charge is 2.34. The Labute approximate surface area is 269 Å². The van der Waals surface area contributed by atoms with Gasteiger partial charge in [-0.15, -0.1) is 5.10 Å². The molecule has 0 spiro atoms. The summed E-state index contributed by atoms with van der Waals surface area (Å²) < 4.78 is 48.4. The van der Waals surface area contributed by atoms with Gasteiger partial charge in [0, 0.05) is 45.0 Å². The topological polar surface area (TPSA) is 117 Å². The van der Waals surface area contributed by atoms with Crippen molar-refractivity contribution >= 4 is 46.7 Å². The summed E-state index contributed by atoms with van der Waals surface area (Å²) in [4.78, 5) is 50.3. The van der Waals surface area contributed by atoms with E-state index in [1.165, 1.54) is 11.4 Å². The van der Waals surface area contributed by atoms with Crippen LogP contribution in [-0.4, -0.2) is 80.9 Å². The van der Waals surface area contributed by atoms with Gasteiger partial charge in [0.05, 0.1) is 16.3 Å². The van der Waals surface area contributed by atoms with Gasteiger partial charge < -0.3 is 29.3 Å². The summed E-state index contributed by atoms with van der Waals surface area (Å²) in [6.07, 6.45) is -2.79. The number of hydrogen-bond acceptors (Lipinski definition) is 8. The first-order valence-electron chi connectivity index (χ1n) is 15.2. The molecule has 2 amide bonds. The van der Waals surface area contributed by atoms with Crippen LogP contribution in [-0.2, 0) is 28.7 Å². The maximum Gasteiger partial charge on any atom is 0.417 e. The molecule has 5 rings (SSSR count). The smallest absolute Gasteiger partial charge is 0.417 e. The number of carbonyl (C=O) groups is 2. The van der Waals surface area contributed by atoms with Crippen molar-refractivity contribution in [3.05, 3.63) is 44.3 Å². The van der Waals surface area contributed by atoms with Gasteiger partial charge in [-0.05, 0) is 64.7 Å². The van der Waals surface area contributed by atoms with Gasteiger partial charge in [0.1, 0.15) is 17.8 Å². The minimum atomic E-state index is -4.64. The molecule has 2 fully saturated rings. The lowest BCUT2D eigenvalue weighted by Gasteiger charge is -2.37. The number of benzene rings is 1. The lowest BCUT2D eigenvalue weighted by atomic mass is 10.1. The number of anilines is 3. The van der Waals surface area contributed by atoms with Gasteiger partial charge in [-0.2, -0.15) is 22.7 Å². The van der Waals surface area contributed by atoms with Gasteiger partial charge >= 0.3 is 12.3 Å². The molecule has 2 saturated heterocycles. The highest BCUT2D eigenvalue weighted by Crippen LogP contribution is 2.37.